The fraction of sp³-hybridized carbons (Fsp3) is 0.429. The molecule has 0 spiro atoms. The van der Waals surface area contributed by atoms with Crippen molar-refractivity contribution >= 4 is 11.9 Å². The van der Waals surface area contributed by atoms with Crippen molar-refractivity contribution in [1.82, 2.24) is 4.90 Å². The Hall–Kier alpha value is -2.11. The Morgan fingerprint density at radius 3 is 2.65 bits per heavy atom. The van der Waals surface area contributed by atoms with Crippen LogP contribution in [-0.4, -0.2) is 42.1 Å². The van der Waals surface area contributed by atoms with E-state index in [1.165, 1.54) is 24.1 Å². The zero-order valence-electron chi connectivity index (χ0n) is 11.1. The van der Waals surface area contributed by atoms with Crippen LogP contribution in [0.5, 0.6) is 5.75 Å². The third-order valence-electron chi connectivity index (χ3n) is 3.20. The number of carboxylic acids is 1. The van der Waals surface area contributed by atoms with Gasteiger partial charge in [-0.25, -0.2) is 4.39 Å². The third-order valence-corrected chi connectivity index (χ3v) is 3.20. The molecular formula is C14H16FNO4. The number of aliphatic carboxylic acids is 1. The Kier molecular flexibility index (Phi) is 4.22. The van der Waals surface area contributed by atoms with Crippen LogP contribution in [0.1, 0.15) is 23.2 Å². The molecule has 0 bridgehead atoms. The number of hydrogen-bond donors (Lipinski definition) is 1. The Bertz CT molecular complexity index is 528. The summed E-state index contributed by atoms with van der Waals surface area (Å²) in [5.74, 6) is -1.77. The van der Waals surface area contributed by atoms with Gasteiger partial charge in [-0.15, -0.1) is 0 Å². The molecule has 1 aromatic rings. The fourth-order valence-electron chi connectivity index (χ4n) is 1.96. The molecule has 0 aromatic heterocycles. The number of methoxy groups -OCH3 is 1. The first-order valence-electron chi connectivity index (χ1n) is 6.36. The van der Waals surface area contributed by atoms with Crippen molar-refractivity contribution in [2.24, 2.45) is 5.92 Å². The van der Waals surface area contributed by atoms with Crippen LogP contribution in [0.2, 0.25) is 0 Å². The number of ether oxygens (including phenoxy) is 1. The number of halogens is 1. The van der Waals surface area contributed by atoms with E-state index in [1.54, 1.807) is 0 Å². The predicted octanol–water partition coefficient (Wildman–Crippen LogP) is 1.77. The Balaban J connectivity index is 2.18. The van der Waals surface area contributed by atoms with Crippen molar-refractivity contribution in [2.75, 3.05) is 20.2 Å². The molecule has 0 heterocycles. The molecule has 2 rings (SSSR count). The maximum absolute atomic E-state index is 13.9. The molecule has 1 aliphatic rings. The van der Waals surface area contributed by atoms with Gasteiger partial charge in [0.1, 0.15) is 18.1 Å². The summed E-state index contributed by atoms with van der Waals surface area (Å²) in [6.07, 6.45) is 1.96. The molecule has 1 N–H and O–H groups in total. The van der Waals surface area contributed by atoms with Gasteiger partial charge in [0, 0.05) is 12.6 Å². The van der Waals surface area contributed by atoms with Gasteiger partial charge in [0.2, 0.25) is 0 Å². The standard InChI is InChI=1S/C14H16FNO4/c1-20-10-4-5-11(12(15)6-10)14(19)16(8-13(17)18)7-9-2-3-9/h4-6,9H,2-3,7-8H2,1H3,(H,17,18). The van der Waals surface area contributed by atoms with E-state index in [-0.39, 0.29) is 5.56 Å². The number of carbonyl (C=O) groups is 2. The summed E-state index contributed by atoms with van der Waals surface area (Å²) in [5, 5.41) is 8.86. The smallest absolute Gasteiger partial charge is 0.323 e. The van der Waals surface area contributed by atoms with Gasteiger partial charge in [-0.1, -0.05) is 0 Å². The summed E-state index contributed by atoms with van der Waals surface area (Å²) >= 11 is 0. The number of benzene rings is 1. The number of rotatable bonds is 6. The molecule has 1 aromatic carbocycles. The number of carboxylic acid groups (broad SMARTS) is 1. The van der Waals surface area contributed by atoms with Crippen LogP contribution in [0.4, 0.5) is 4.39 Å². The summed E-state index contributed by atoms with van der Waals surface area (Å²) < 4.78 is 18.7. The average Bonchev–Trinajstić information content (AvgIpc) is 3.20. The van der Waals surface area contributed by atoms with Crippen LogP contribution in [0, 0.1) is 11.7 Å². The highest BCUT2D eigenvalue weighted by atomic mass is 19.1. The molecule has 5 nitrogen and oxygen atoms in total. The van der Waals surface area contributed by atoms with E-state index < -0.39 is 24.2 Å². The van der Waals surface area contributed by atoms with Crippen molar-refractivity contribution < 1.29 is 23.8 Å². The predicted molar refractivity (Wildman–Crippen MR) is 69.2 cm³/mol. The van der Waals surface area contributed by atoms with Crippen LogP contribution in [0.3, 0.4) is 0 Å². The average molecular weight is 281 g/mol. The van der Waals surface area contributed by atoms with Crippen LogP contribution < -0.4 is 4.74 Å². The highest BCUT2D eigenvalue weighted by molar-refractivity contribution is 5.96. The minimum Gasteiger partial charge on any atom is -0.497 e. The van der Waals surface area contributed by atoms with Gasteiger partial charge in [-0.05, 0) is 30.9 Å². The first-order chi connectivity index (χ1) is 9.51. The van der Waals surface area contributed by atoms with E-state index in [9.17, 15) is 14.0 Å². The molecular weight excluding hydrogens is 265 g/mol. The second-order valence-corrected chi connectivity index (χ2v) is 4.87. The molecule has 20 heavy (non-hydrogen) atoms. The molecule has 6 heteroatoms. The second-order valence-electron chi connectivity index (χ2n) is 4.87. The normalized spacial score (nSPS) is 13.9. The Morgan fingerprint density at radius 1 is 1.45 bits per heavy atom. The Labute approximate surface area is 116 Å². The molecule has 0 aliphatic heterocycles. The molecule has 0 radical (unpaired) electrons. The summed E-state index contributed by atoms with van der Waals surface area (Å²) in [6, 6.07) is 3.91. The summed E-state index contributed by atoms with van der Waals surface area (Å²) in [5.41, 5.74) is -0.132. The first kappa shape index (κ1) is 14.3. The zero-order valence-corrected chi connectivity index (χ0v) is 11.1. The monoisotopic (exact) mass is 281 g/mol. The van der Waals surface area contributed by atoms with E-state index >= 15 is 0 Å². The van der Waals surface area contributed by atoms with Crippen molar-refractivity contribution in [1.29, 1.82) is 0 Å². The lowest BCUT2D eigenvalue weighted by molar-refractivity contribution is -0.137. The lowest BCUT2D eigenvalue weighted by Gasteiger charge is -2.21. The van der Waals surface area contributed by atoms with Gasteiger partial charge in [0.25, 0.3) is 5.91 Å². The maximum atomic E-state index is 13.9. The molecule has 1 amide bonds. The number of hydrogen-bond acceptors (Lipinski definition) is 3. The van der Waals surface area contributed by atoms with Crippen molar-refractivity contribution in [3.05, 3.63) is 29.6 Å². The molecule has 0 saturated heterocycles. The number of amides is 1. The van der Waals surface area contributed by atoms with E-state index in [2.05, 4.69) is 0 Å². The summed E-state index contributed by atoms with van der Waals surface area (Å²) in [7, 11) is 1.40. The molecule has 1 saturated carbocycles. The van der Waals surface area contributed by atoms with E-state index in [1.807, 2.05) is 0 Å². The minimum absolute atomic E-state index is 0.132. The molecule has 1 aliphatic carbocycles. The van der Waals surface area contributed by atoms with Crippen molar-refractivity contribution in [3.63, 3.8) is 0 Å². The van der Waals surface area contributed by atoms with Gasteiger partial charge >= 0.3 is 5.97 Å². The van der Waals surface area contributed by atoms with Gasteiger partial charge in [0.05, 0.1) is 12.7 Å². The van der Waals surface area contributed by atoms with E-state index in [0.717, 1.165) is 18.9 Å². The number of nitrogens with zero attached hydrogens (tertiary/aromatic N) is 1. The van der Waals surface area contributed by atoms with Gasteiger partial charge in [-0.3, -0.25) is 9.59 Å². The van der Waals surface area contributed by atoms with Gasteiger partial charge in [0.15, 0.2) is 0 Å². The van der Waals surface area contributed by atoms with Gasteiger partial charge in [-0.2, -0.15) is 0 Å². The first-order valence-corrected chi connectivity index (χ1v) is 6.36. The topological polar surface area (TPSA) is 66.8 Å². The quantitative estimate of drug-likeness (QED) is 0.863. The highest BCUT2D eigenvalue weighted by Crippen LogP contribution is 2.30. The molecule has 108 valence electrons. The van der Waals surface area contributed by atoms with Crippen LogP contribution in [0.15, 0.2) is 18.2 Å². The molecule has 1 fully saturated rings. The minimum atomic E-state index is -1.10. The fourth-order valence-corrected chi connectivity index (χ4v) is 1.96. The summed E-state index contributed by atoms with van der Waals surface area (Å²) in [6.45, 7) is -0.0581. The van der Waals surface area contributed by atoms with E-state index in [4.69, 9.17) is 9.84 Å². The lowest BCUT2D eigenvalue weighted by Crippen LogP contribution is -2.37. The van der Waals surface area contributed by atoms with E-state index in [0.29, 0.717) is 18.2 Å². The molecule has 0 atom stereocenters. The third kappa shape index (κ3) is 3.46. The summed E-state index contributed by atoms with van der Waals surface area (Å²) in [4.78, 5) is 24.3. The zero-order chi connectivity index (χ0) is 14.7. The van der Waals surface area contributed by atoms with Crippen molar-refractivity contribution in [2.45, 2.75) is 12.8 Å². The second kappa shape index (κ2) is 5.90. The SMILES string of the molecule is COc1ccc(C(=O)N(CC(=O)O)CC2CC2)c(F)c1. The molecule has 0 unspecified atom stereocenters. The number of carbonyl (C=O) groups excluding carboxylic acids is 1. The lowest BCUT2D eigenvalue weighted by atomic mass is 10.1. The highest BCUT2D eigenvalue weighted by Gasteiger charge is 2.29. The van der Waals surface area contributed by atoms with Crippen LogP contribution >= 0.6 is 0 Å². The largest absolute Gasteiger partial charge is 0.497 e. The Morgan fingerprint density at radius 2 is 2.15 bits per heavy atom. The van der Waals surface area contributed by atoms with Crippen LogP contribution in [-0.2, 0) is 4.79 Å². The van der Waals surface area contributed by atoms with Crippen molar-refractivity contribution in [3.8, 4) is 5.75 Å². The van der Waals surface area contributed by atoms with Crippen LogP contribution in [0.25, 0.3) is 0 Å². The maximum Gasteiger partial charge on any atom is 0.323 e. The van der Waals surface area contributed by atoms with Gasteiger partial charge < -0.3 is 14.7 Å².